The van der Waals surface area contributed by atoms with Crippen LogP contribution in [0.15, 0.2) is 56.3 Å². The van der Waals surface area contributed by atoms with E-state index in [2.05, 4.69) is 5.32 Å². The molecule has 2 N–H and O–H groups in total. The smallest absolute Gasteiger partial charge is 0.340 e. The molecule has 0 aliphatic carbocycles. The lowest BCUT2D eigenvalue weighted by Gasteiger charge is -2.15. The number of hydrogen-bond donors (Lipinski definition) is 2. The number of aliphatic hydroxyl groups excluding tert-OH is 1. The van der Waals surface area contributed by atoms with Gasteiger partial charge in [0.05, 0.1) is 47.3 Å². The summed E-state index contributed by atoms with van der Waals surface area (Å²) in [6, 6.07) is 10.7. The normalized spacial score (nSPS) is 19.6. The van der Waals surface area contributed by atoms with Gasteiger partial charge in [0.25, 0.3) is 0 Å². The molecule has 0 spiro atoms. The number of rotatable bonds is 4. The molecule has 0 bridgehead atoms. The maximum absolute atomic E-state index is 12.7. The summed E-state index contributed by atoms with van der Waals surface area (Å²) in [5.74, 6) is -1.29. The first kappa shape index (κ1) is 22.4. The molecule has 4 aromatic rings. The number of aryl methyl sites for hydroxylation is 2. The number of hydrogen-bond acceptors (Lipinski definition) is 7. The van der Waals surface area contributed by atoms with Crippen molar-refractivity contribution in [2.75, 3.05) is 11.5 Å². The Bertz CT molecular complexity index is 1600. The summed E-state index contributed by atoms with van der Waals surface area (Å²) in [5.41, 5.74) is 3.78. The van der Waals surface area contributed by atoms with Crippen LogP contribution < -0.4 is 10.9 Å². The molecule has 2 aromatic carbocycles. The van der Waals surface area contributed by atoms with E-state index in [0.717, 1.165) is 22.1 Å². The van der Waals surface area contributed by atoms with Crippen molar-refractivity contribution in [3.8, 4) is 11.1 Å². The number of nitrogens with one attached hydrogen (secondary N) is 1. The average molecular weight is 482 g/mol. The van der Waals surface area contributed by atoms with Crippen molar-refractivity contribution in [3.05, 3.63) is 69.8 Å². The van der Waals surface area contributed by atoms with Gasteiger partial charge in [0.2, 0.25) is 5.91 Å². The number of sulfone groups is 1. The first-order valence-corrected chi connectivity index (χ1v) is 12.7. The van der Waals surface area contributed by atoms with Crippen LogP contribution in [0.2, 0.25) is 0 Å². The molecule has 1 aliphatic heterocycles. The van der Waals surface area contributed by atoms with Crippen LogP contribution in [0.25, 0.3) is 33.1 Å². The van der Waals surface area contributed by atoms with E-state index in [4.69, 9.17) is 8.83 Å². The molecule has 2 aromatic heterocycles. The first-order chi connectivity index (χ1) is 16.1. The van der Waals surface area contributed by atoms with Crippen molar-refractivity contribution >= 4 is 37.7 Å². The predicted octanol–water partition coefficient (Wildman–Crippen LogP) is 2.64. The zero-order valence-electron chi connectivity index (χ0n) is 18.6. The van der Waals surface area contributed by atoms with Crippen molar-refractivity contribution in [1.82, 2.24) is 5.32 Å². The summed E-state index contributed by atoms with van der Waals surface area (Å²) in [7, 11) is -3.41. The summed E-state index contributed by atoms with van der Waals surface area (Å²) >= 11 is 0. The minimum atomic E-state index is -3.41. The Kier molecular flexibility index (Phi) is 5.33. The second-order valence-corrected chi connectivity index (χ2v) is 10.9. The van der Waals surface area contributed by atoms with Crippen LogP contribution in [-0.4, -0.2) is 43.1 Å². The van der Waals surface area contributed by atoms with Gasteiger partial charge in [-0.15, -0.1) is 0 Å². The van der Waals surface area contributed by atoms with Crippen LogP contribution in [0.5, 0.6) is 0 Å². The summed E-state index contributed by atoms with van der Waals surface area (Å²) in [5, 5.41) is 14.0. The third kappa shape index (κ3) is 3.80. The van der Waals surface area contributed by atoms with Crippen LogP contribution in [0, 0.1) is 13.8 Å². The van der Waals surface area contributed by atoms with Crippen LogP contribution in [0.3, 0.4) is 0 Å². The van der Waals surface area contributed by atoms with Gasteiger partial charge >= 0.3 is 5.63 Å². The van der Waals surface area contributed by atoms with Crippen molar-refractivity contribution in [2.45, 2.75) is 32.4 Å². The van der Waals surface area contributed by atoms with Gasteiger partial charge in [-0.25, -0.2) is 13.2 Å². The number of carbonyl (C=O) groups is 1. The molecule has 34 heavy (non-hydrogen) atoms. The van der Waals surface area contributed by atoms with Gasteiger partial charge in [0.1, 0.15) is 11.2 Å². The van der Waals surface area contributed by atoms with Crippen molar-refractivity contribution in [2.24, 2.45) is 0 Å². The summed E-state index contributed by atoms with van der Waals surface area (Å²) < 4.78 is 35.0. The molecule has 2 atom stereocenters. The SMILES string of the molecule is Cc1cc2oc(=O)c(CC(=O)NC3CS(=O)(=O)CC3O)c(C)c2c2occ(-c3ccccc3)c12. The van der Waals surface area contributed by atoms with Crippen LogP contribution in [-0.2, 0) is 21.1 Å². The standard InChI is InChI=1S/C25H23NO7S/c1-13-8-20-23(24-22(13)17(10-32-24)15-6-4-3-5-7-15)14(2)16(25(29)33-20)9-21(28)26-18-11-34(30,31)12-19(18)27/h3-8,10,18-19,27H,9,11-12H2,1-2H3,(H,26,28). The Morgan fingerprint density at radius 3 is 2.56 bits per heavy atom. The zero-order valence-corrected chi connectivity index (χ0v) is 19.4. The number of benzene rings is 2. The number of carbonyl (C=O) groups excluding carboxylic acids is 1. The van der Waals surface area contributed by atoms with E-state index < -0.39 is 39.3 Å². The number of aliphatic hydroxyl groups is 1. The lowest BCUT2D eigenvalue weighted by Crippen LogP contribution is -2.43. The van der Waals surface area contributed by atoms with Gasteiger partial charge < -0.3 is 19.3 Å². The highest BCUT2D eigenvalue weighted by molar-refractivity contribution is 7.91. The molecule has 2 unspecified atom stereocenters. The summed E-state index contributed by atoms with van der Waals surface area (Å²) in [4.78, 5) is 25.4. The Hall–Kier alpha value is -3.43. The van der Waals surface area contributed by atoms with Crippen molar-refractivity contribution < 1.29 is 27.2 Å². The van der Waals surface area contributed by atoms with Crippen LogP contribution in [0.1, 0.15) is 16.7 Å². The maximum Gasteiger partial charge on any atom is 0.340 e. The van der Waals surface area contributed by atoms with Gasteiger partial charge in [-0.3, -0.25) is 4.79 Å². The van der Waals surface area contributed by atoms with E-state index in [-0.39, 0.29) is 17.7 Å². The quantitative estimate of drug-likeness (QED) is 0.429. The highest BCUT2D eigenvalue weighted by atomic mass is 32.2. The molecule has 9 heteroatoms. The minimum absolute atomic E-state index is 0.156. The fraction of sp³-hybridized carbons (Fsp3) is 0.280. The highest BCUT2D eigenvalue weighted by Crippen LogP contribution is 2.38. The lowest BCUT2D eigenvalue weighted by atomic mass is 9.96. The van der Waals surface area contributed by atoms with E-state index in [0.29, 0.717) is 22.1 Å². The van der Waals surface area contributed by atoms with Gasteiger partial charge in [0.15, 0.2) is 9.84 Å². The fourth-order valence-electron chi connectivity index (χ4n) is 4.71. The van der Waals surface area contributed by atoms with Gasteiger partial charge in [-0.2, -0.15) is 0 Å². The lowest BCUT2D eigenvalue weighted by molar-refractivity contribution is -0.121. The molecular formula is C25H23NO7S. The minimum Gasteiger partial charge on any atom is -0.463 e. The number of amides is 1. The zero-order chi connectivity index (χ0) is 24.2. The van der Waals surface area contributed by atoms with E-state index >= 15 is 0 Å². The Morgan fingerprint density at radius 1 is 1.15 bits per heavy atom. The molecule has 1 saturated heterocycles. The molecule has 0 radical (unpaired) electrons. The molecule has 0 saturated carbocycles. The molecule has 176 valence electrons. The number of furan rings is 1. The molecule has 1 amide bonds. The first-order valence-electron chi connectivity index (χ1n) is 10.8. The number of fused-ring (bicyclic) bond motifs is 3. The van der Waals surface area contributed by atoms with E-state index in [1.807, 2.05) is 37.3 Å². The van der Waals surface area contributed by atoms with Gasteiger partial charge in [-0.1, -0.05) is 30.3 Å². The highest BCUT2D eigenvalue weighted by Gasteiger charge is 2.37. The topological polar surface area (TPSA) is 127 Å². The predicted molar refractivity (Wildman–Crippen MR) is 127 cm³/mol. The second-order valence-electron chi connectivity index (χ2n) is 8.77. The molecule has 1 aliphatic rings. The van der Waals surface area contributed by atoms with E-state index in [1.165, 1.54) is 0 Å². The summed E-state index contributed by atoms with van der Waals surface area (Å²) in [6.07, 6.45) is 0.186. The summed E-state index contributed by atoms with van der Waals surface area (Å²) in [6.45, 7) is 3.65. The second kappa shape index (κ2) is 8.11. The average Bonchev–Trinajstić information content (AvgIpc) is 3.32. The molecule has 5 rings (SSSR count). The molecule has 8 nitrogen and oxygen atoms in total. The van der Waals surface area contributed by atoms with Crippen molar-refractivity contribution in [1.29, 1.82) is 0 Å². The molecular weight excluding hydrogens is 458 g/mol. The molecule has 3 heterocycles. The van der Waals surface area contributed by atoms with Crippen LogP contribution in [0.4, 0.5) is 0 Å². The van der Waals surface area contributed by atoms with Gasteiger partial charge in [0, 0.05) is 10.9 Å². The Morgan fingerprint density at radius 2 is 1.88 bits per heavy atom. The Balaban J connectivity index is 1.57. The fourth-order valence-corrected chi connectivity index (χ4v) is 6.45. The van der Waals surface area contributed by atoms with Crippen LogP contribution >= 0.6 is 0 Å². The third-order valence-electron chi connectivity index (χ3n) is 6.37. The monoisotopic (exact) mass is 481 g/mol. The van der Waals surface area contributed by atoms with Gasteiger partial charge in [-0.05, 0) is 36.6 Å². The third-order valence-corrected chi connectivity index (χ3v) is 8.09. The van der Waals surface area contributed by atoms with E-state index in [1.54, 1.807) is 19.3 Å². The van der Waals surface area contributed by atoms with E-state index in [9.17, 15) is 23.1 Å². The Labute approximate surface area is 195 Å². The largest absolute Gasteiger partial charge is 0.463 e. The molecule has 1 fully saturated rings. The van der Waals surface area contributed by atoms with Crippen molar-refractivity contribution in [3.63, 3.8) is 0 Å². The maximum atomic E-state index is 12.7.